The smallest absolute Gasteiger partial charge is 0.289 e. The second kappa shape index (κ2) is 5.35. The highest BCUT2D eigenvalue weighted by Gasteiger charge is 2.30. The molecule has 8 nitrogen and oxygen atoms in total. The fourth-order valence-electron chi connectivity index (χ4n) is 2.21. The number of hydrogen-bond donors (Lipinski definition) is 2. The molecule has 1 aromatic rings. The number of nitrogens with zero attached hydrogens (tertiary/aromatic N) is 2. The van der Waals surface area contributed by atoms with Gasteiger partial charge in [-0.25, -0.2) is 13.1 Å². The van der Waals surface area contributed by atoms with E-state index in [1.54, 1.807) is 0 Å². The van der Waals surface area contributed by atoms with Gasteiger partial charge in [0.1, 0.15) is 0 Å². The fourth-order valence-corrected chi connectivity index (χ4v) is 3.68. The molecule has 0 aromatic heterocycles. The monoisotopic (exact) mass is 300 g/mol. The average Bonchev–Trinajstić information content (AvgIpc) is 2.73. The van der Waals surface area contributed by atoms with Crippen LogP contribution >= 0.6 is 0 Å². The van der Waals surface area contributed by atoms with Crippen molar-refractivity contribution in [2.24, 2.45) is 0 Å². The Morgan fingerprint density at radius 3 is 2.75 bits per heavy atom. The molecule has 0 amide bonds. The van der Waals surface area contributed by atoms with Gasteiger partial charge in [-0.1, -0.05) is 0 Å². The lowest BCUT2D eigenvalue weighted by Gasteiger charge is -2.13. The summed E-state index contributed by atoms with van der Waals surface area (Å²) >= 11 is 0. The van der Waals surface area contributed by atoms with Gasteiger partial charge in [-0.15, -0.1) is 0 Å². The summed E-state index contributed by atoms with van der Waals surface area (Å²) in [6.45, 7) is 1.36. The molecule has 20 heavy (non-hydrogen) atoms. The second-order valence-corrected chi connectivity index (χ2v) is 6.54. The van der Waals surface area contributed by atoms with Crippen molar-refractivity contribution >= 4 is 21.4 Å². The number of nitro groups is 1. The van der Waals surface area contributed by atoms with E-state index in [0.717, 1.165) is 18.7 Å². The minimum Gasteiger partial charge on any atom is -0.399 e. The molecule has 110 valence electrons. The van der Waals surface area contributed by atoms with Gasteiger partial charge in [0.2, 0.25) is 10.0 Å². The molecule has 9 heteroatoms. The van der Waals surface area contributed by atoms with Crippen LogP contribution in [-0.2, 0) is 10.0 Å². The highest BCUT2D eigenvalue weighted by molar-refractivity contribution is 7.89. The lowest BCUT2D eigenvalue weighted by molar-refractivity contribution is -0.387. The minimum absolute atomic E-state index is 0.166. The van der Waals surface area contributed by atoms with E-state index >= 15 is 0 Å². The third-order valence-corrected chi connectivity index (χ3v) is 4.73. The van der Waals surface area contributed by atoms with E-state index in [0.29, 0.717) is 13.0 Å². The maximum absolute atomic E-state index is 12.3. The van der Waals surface area contributed by atoms with E-state index in [1.165, 1.54) is 6.07 Å². The molecule has 0 saturated carbocycles. The Labute approximate surface area is 116 Å². The van der Waals surface area contributed by atoms with Crippen molar-refractivity contribution in [3.05, 3.63) is 28.3 Å². The molecule has 1 fully saturated rings. The van der Waals surface area contributed by atoms with Crippen LogP contribution in [0.2, 0.25) is 0 Å². The number of benzene rings is 1. The van der Waals surface area contributed by atoms with Crippen LogP contribution in [0.3, 0.4) is 0 Å². The second-order valence-electron chi connectivity index (χ2n) is 4.85. The topological polar surface area (TPSA) is 119 Å². The van der Waals surface area contributed by atoms with Crippen molar-refractivity contribution in [2.75, 3.05) is 25.9 Å². The molecule has 1 atom stereocenters. The summed E-state index contributed by atoms with van der Waals surface area (Å²) in [5.74, 6) is 0. The average molecular weight is 300 g/mol. The number of nitrogen functional groups attached to an aromatic ring is 1. The van der Waals surface area contributed by atoms with Gasteiger partial charge < -0.3 is 10.6 Å². The van der Waals surface area contributed by atoms with Gasteiger partial charge in [0, 0.05) is 24.3 Å². The summed E-state index contributed by atoms with van der Waals surface area (Å²) in [5, 5.41) is 10.9. The summed E-state index contributed by atoms with van der Waals surface area (Å²) in [6.07, 6.45) is 0.672. The number of nitro benzene ring substituents is 1. The first-order chi connectivity index (χ1) is 9.29. The standard InChI is InChI=1S/C11H16N4O4S/c1-14-5-4-9(7-14)13-20(18,19)11-6-8(12)2-3-10(11)15(16)17/h2-3,6,9,13H,4-5,7,12H2,1H3. The molecular weight excluding hydrogens is 284 g/mol. The SMILES string of the molecule is CN1CCC(NS(=O)(=O)c2cc(N)ccc2[N+](=O)[O-])C1. The summed E-state index contributed by atoms with van der Waals surface area (Å²) in [6, 6.07) is 3.27. The predicted octanol–water partition coefficient (Wildman–Crippen LogP) is 0.159. The summed E-state index contributed by atoms with van der Waals surface area (Å²) < 4.78 is 27.1. The van der Waals surface area contributed by atoms with E-state index in [9.17, 15) is 18.5 Å². The molecular formula is C11H16N4O4S. The molecule has 1 unspecified atom stereocenters. The van der Waals surface area contributed by atoms with E-state index in [1.807, 2.05) is 11.9 Å². The van der Waals surface area contributed by atoms with Crippen LogP contribution in [0.15, 0.2) is 23.1 Å². The number of nitrogens with two attached hydrogens (primary N) is 1. The Morgan fingerprint density at radius 2 is 2.20 bits per heavy atom. The predicted molar refractivity (Wildman–Crippen MR) is 73.7 cm³/mol. The van der Waals surface area contributed by atoms with E-state index in [-0.39, 0.29) is 11.7 Å². The lowest BCUT2D eigenvalue weighted by atomic mass is 10.3. The van der Waals surface area contributed by atoms with Gasteiger partial charge >= 0.3 is 0 Å². The van der Waals surface area contributed by atoms with Gasteiger partial charge in [-0.3, -0.25) is 10.1 Å². The first kappa shape index (κ1) is 14.7. The summed E-state index contributed by atoms with van der Waals surface area (Å²) in [7, 11) is -2.08. The fraction of sp³-hybridized carbons (Fsp3) is 0.455. The van der Waals surface area contributed by atoms with Crippen LogP contribution < -0.4 is 10.5 Å². The quantitative estimate of drug-likeness (QED) is 0.464. The molecule has 3 N–H and O–H groups in total. The molecule has 1 saturated heterocycles. The van der Waals surface area contributed by atoms with Gasteiger partial charge in [0.15, 0.2) is 4.90 Å². The first-order valence-corrected chi connectivity index (χ1v) is 7.53. The van der Waals surface area contributed by atoms with Gasteiger partial charge in [-0.05, 0) is 32.1 Å². The Hall–Kier alpha value is -1.71. The van der Waals surface area contributed by atoms with Crippen molar-refractivity contribution < 1.29 is 13.3 Å². The van der Waals surface area contributed by atoms with Gasteiger partial charge in [0.25, 0.3) is 5.69 Å². The number of likely N-dealkylation sites (N-methyl/N-ethyl adjacent to an activating group) is 1. The van der Waals surface area contributed by atoms with Crippen molar-refractivity contribution in [1.82, 2.24) is 9.62 Å². The molecule has 0 radical (unpaired) electrons. The van der Waals surface area contributed by atoms with E-state index in [4.69, 9.17) is 5.73 Å². The van der Waals surface area contributed by atoms with Crippen LogP contribution in [0.1, 0.15) is 6.42 Å². The largest absolute Gasteiger partial charge is 0.399 e. The van der Waals surface area contributed by atoms with Crippen LogP contribution in [0.4, 0.5) is 11.4 Å². The van der Waals surface area contributed by atoms with Crippen LogP contribution in [0.25, 0.3) is 0 Å². The third-order valence-electron chi connectivity index (χ3n) is 3.18. The number of anilines is 1. The molecule has 1 heterocycles. The Balaban J connectivity index is 2.33. The lowest BCUT2D eigenvalue weighted by Crippen LogP contribution is -2.36. The molecule has 0 spiro atoms. The summed E-state index contributed by atoms with van der Waals surface area (Å²) in [4.78, 5) is 11.8. The molecule has 0 aliphatic carbocycles. The van der Waals surface area contributed by atoms with Gasteiger partial charge in [0.05, 0.1) is 4.92 Å². The molecule has 1 aliphatic heterocycles. The number of hydrogen-bond acceptors (Lipinski definition) is 6. The number of nitrogens with one attached hydrogen (secondary N) is 1. The van der Waals surface area contributed by atoms with Crippen LogP contribution in [0, 0.1) is 10.1 Å². The van der Waals surface area contributed by atoms with Crippen molar-refractivity contribution in [2.45, 2.75) is 17.4 Å². The number of sulfonamides is 1. The molecule has 2 rings (SSSR count). The number of rotatable bonds is 4. The maximum atomic E-state index is 12.3. The molecule has 1 aromatic carbocycles. The Morgan fingerprint density at radius 1 is 1.50 bits per heavy atom. The zero-order valence-corrected chi connectivity index (χ0v) is 11.8. The van der Waals surface area contributed by atoms with Crippen molar-refractivity contribution in [3.63, 3.8) is 0 Å². The minimum atomic E-state index is -3.96. The zero-order valence-electron chi connectivity index (χ0n) is 10.9. The van der Waals surface area contributed by atoms with Crippen molar-refractivity contribution in [3.8, 4) is 0 Å². The number of likely N-dealkylation sites (tertiary alicyclic amines) is 1. The zero-order chi connectivity index (χ0) is 14.9. The van der Waals surface area contributed by atoms with E-state index in [2.05, 4.69) is 4.72 Å². The molecule has 1 aliphatic rings. The van der Waals surface area contributed by atoms with Gasteiger partial charge in [-0.2, -0.15) is 0 Å². The normalized spacial score (nSPS) is 20.1. The van der Waals surface area contributed by atoms with E-state index < -0.39 is 25.5 Å². The molecule has 0 bridgehead atoms. The summed E-state index contributed by atoms with van der Waals surface area (Å²) in [5.41, 5.74) is 5.22. The van der Waals surface area contributed by atoms with Crippen molar-refractivity contribution in [1.29, 1.82) is 0 Å². The Kier molecular flexibility index (Phi) is 3.93. The Bertz CT molecular complexity index is 631. The van der Waals surface area contributed by atoms with Crippen LogP contribution in [0.5, 0.6) is 0 Å². The highest BCUT2D eigenvalue weighted by Crippen LogP contribution is 2.26. The first-order valence-electron chi connectivity index (χ1n) is 6.04. The third kappa shape index (κ3) is 3.06. The highest BCUT2D eigenvalue weighted by atomic mass is 32.2. The van der Waals surface area contributed by atoms with Crippen LogP contribution in [-0.4, -0.2) is 44.4 Å². The maximum Gasteiger partial charge on any atom is 0.289 e.